The summed E-state index contributed by atoms with van der Waals surface area (Å²) in [5, 5.41) is 10.5. The van der Waals surface area contributed by atoms with Crippen molar-refractivity contribution in [3.63, 3.8) is 0 Å². The van der Waals surface area contributed by atoms with Crippen molar-refractivity contribution < 1.29 is 14.6 Å². The van der Waals surface area contributed by atoms with Crippen LogP contribution in [0.5, 0.6) is 11.5 Å². The Balaban J connectivity index is 2.56. The molecule has 0 unspecified atom stereocenters. The van der Waals surface area contributed by atoms with E-state index in [4.69, 9.17) is 4.74 Å². The highest BCUT2D eigenvalue weighted by atomic mass is 16.5. The van der Waals surface area contributed by atoms with E-state index in [-0.39, 0.29) is 11.5 Å². The highest BCUT2D eigenvalue weighted by molar-refractivity contribution is 5.98. The molecule has 0 amide bonds. The van der Waals surface area contributed by atoms with Crippen molar-refractivity contribution in [2.75, 3.05) is 6.61 Å². The molecule has 0 aliphatic heterocycles. The first-order valence-corrected chi connectivity index (χ1v) is 5.11. The average molecular weight is 219 g/mol. The molecule has 0 saturated carbocycles. The van der Waals surface area contributed by atoms with Gasteiger partial charge in [0.05, 0.1) is 12.3 Å². The number of fused-ring (bicyclic) bond motifs is 1. The van der Waals surface area contributed by atoms with E-state index in [1.165, 1.54) is 6.92 Å². The summed E-state index contributed by atoms with van der Waals surface area (Å²) >= 11 is 0. The Hall–Kier alpha value is -1.97. The number of benzene rings is 1. The molecule has 0 bridgehead atoms. The van der Waals surface area contributed by atoms with Gasteiger partial charge in [0.2, 0.25) is 0 Å². The minimum atomic E-state index is -0.0337. The van der Waals surface area contributed by atoms with Gasteiger partial charge in [0.25, 0.3) is 0 Å². The van der Waals surface area contributed by atoms with Crippen LogP contribution in [-0.4, -0.2) is 22.5 Å². The highest BCUT2D eigenvalue weighted by Crippen LogP contribution is 2.31. The molecule has 0 saturated heterocycles. The molecular formula is C12H13NO3. The van der Waals surface area contributed by atoms with Crippen LogP contribution in [-0.2, 0) is 0 Å². The van der Waals surface area contributed by atoms with Crippen molar-refractivity contribution in [2.45, 2.75) is 13.8 Å². The molecular weight excluding hydrogens is 206 g/mol. The SMILES string of the molecule is CCOc1cc2cc(C(C)=O)[nH]c2cc1O. The first-order chi connectivity index (χ1) is 7.61. The van der Waals surface area contributed by atoms with E-state index in [2.05, 4.69) is 4.98 Å². The van der Waals surface area contributed by atoms with Crippen LogP contribution in [0.15, 0.2) is 18.2 Å². The second kappa shape index (κ2) is 3.89. The number of ether oxygens (including phenoxy) is 1. The number of aromatic hydroxyl groups is 1. The van der Waals surface area contributed by atoms with Gasteiger partial charge in [-0.2, -0.15) is 0 Å². The molecule has 1 heterocycles. The number of aromatic nitrogens is 1. The summed E-state index contributed by atoms with van der Waals surface area (Å²) < 4.78 is 5.27. The molecule has 1 aromatic heterocycles. The minimum Gasteiger partial charge on any atom is -0.504 e. The van der Waals surface area contributed by atoms with Crippen molar-refractivity contribution in [3.05, 3.63) is 23.9 Å². The predicted octanol–water partition coefficient (Wildman–Crippen LogP) is 2.47. The molecule has 1 aromatic carbocycles. The summed E-state index contributed by atoms with van der Waals surface area (Å²) in [6, 6.07) is 5.03. The highest BCUT2D eigenvalue weighted by Gasteiger charge is 2.09. The zero-order valence-corrected chi connectivity index (χ0v) is 9.20. The number of aromatic amines is 1. The quantitative estimate of drug-likeness (QED) is 0.779. The first-order valence-electron chi connectivity index (χ1n) is 5.11. The van der Waals surface area contributed by atoms with Crippen LogP contribution < -0.4 is 4.74 Å². The van der Waals surface area contributed by atoms with Crippen molar-refractivity contribution in [3.8, 4) is 11.5 Å². The van der Waals surface area contributed by atoms with E-state index in [1.54, 1.807) is 18.2 Å². The number of rotatable bonds is 3. The number of phenolic OH excluding ortho intramolecular Hbond substituents is 1. The molecule has 0 spiro atoms. The normalized spacial score (nSPS) is 10.6. The maximum Gasteiger partial charge on any atom is 0.175 e. The number of carbonyl (C=O) groups excluding carboxylic acids is 1. The molecule has 2 rings (SSSR count). The second-order valence-electron chi connectivity index (χ2n) is 3.58. The van der Waals surface area contributed by atoms with Gasteiger partial charge in [0.15, 0.2) is 17.3 Å². The van der Waals surface area contributed by atoms with Gasteiger partial charge >= 0.3 is 0 Å². The van der Waals surface area contributed by atoms with E-state index in [0.717, 1.165) is 10.9 Å². The Kier molecular flexibility index (Phi) is 2.56. The molecule has 0 atom stereocenters. The van der Waals surface area contributed by atoms with Crippen molar-refractivity contribution in [2.24, 2.45) is 0 Å². The van der Waals surface area contributed by atoms with Crippen LogP contribution in [0.25, 0.3) is 10.9 Å². The predicted molar refractivity (Wildman–Crippen MR) is 61.1 cm³/mol. The van der Waals surface area contributed by atoms with Gasteiger partial charge in [-0.15, -0.1) is 0 Å². The van der Waals surface area contributed by atoms with Gasteiger partial charge in [0.1, 0.15) is 0 Å². The molecule has 2 N–H and O–H groups in total. The van der Waals surface area contributed by atoms with Crippen LogP contribution >= 0.6 is 0 Å². The summed E-state index contributed by atoms with van der Waals surface area (Å²) in [6.07, 6.45) is 0. The first kappa shape index (κ1) is 10.5. The largest absolute Gasteiger partial charge is 0.504 e. The lowest BCUT2D eigenvalue weighted by Crippen LogP contribution is -1.91. The zero-order chi connectivity index (χ0) is 11.7. The lowest BCUT2D eigenvalue weighted by molar-refractivity contribution is 0.101. The van der Waals surface area contributed by atoms with Gasteiger partial charge in [-0.05, 0) is 19.1 Å². The van der Waals surface area contributed by atoms with Gasteiger partial charge < -0.3 is 14.8 Å². The van der Waals surface area contributed by atoms with Crippen molar-refractivity contribution >= 4 is 16.7 Å². The Bertz CT molecular complexity index is 542. The zero-order valence-electron chi connectivity index (χ0n) is 9.20. The Morgan fingerprint density at radius 3 is 2.81 bits per heavy atom. The fourth-order valence-electron chi connectivity index (χ4n) is 1.61. The summed E-state index contributed by atoms with van der Waals surface area (Å²) in [7, 11) is 0. The van der Waals surface area contributed by atoms with E-state index in [9.17, 15) is 9.90 Å². The maximum atomic E-state index is 11.2. The van der Waals surface area contributed by atoms with E-state index in [1.807, 2.05) is 6.92 Å². The molecule has 0 aliphatic rings. The molecule has 2 aromatic rings. The monoisotopic (exact) mass is 219 g/mol. The second-order valence-corrected chi connectivity index (χ2v) is 3.58. The number of hydrogen-bond donors (Lipinski definition) is 2. The standard InChI is InChI=1S/C12H13NO3/c1-3-16-12-5-8-4-9(7(2)14)13-10(8)6-11(12)15/h4-6,13,15H,3H2,1-2H3. The number of nitrogens with one attached hydrogen (secondary N) is 1. The van der Waals surface area contributed by atoms with E-state index in [0.29, 0.717) is 18.1 Å². The van der Waals surface area contributed by atoms with Crippen LogP contribution in [0, 0.1) is 0 Å². The maximum absolute atomic E-state index is 11.2. The van der Waals surface area contributed by atoms with Crippen LogP contribution in [0.3, 0.4) is 0 Å². The van der Waals surface area contributed by atoms with Gasteiger partial charge in [-0.3, -0.25) is 4.79 Å². The van der Waals surface area contributed by atoms with Gasteiger partial charge in [0, 0.05) is 23.9 Å². The Labute approximate surface area is 92.9 Å². The Morgan fingerprint density at radius 2 is 2.19 bits per heavy atom. The lowest BCUT2D eigenvalue weighted by Gasteiger charge is -2.04. The molecule has 4 heteroatoms. The minimum absolute atomic E-state index is 0.0337. The number of H-pyrrole nitrogens is 1. The summed E-state index contributed by atoms with van der Waals surface area (Å²) in [5.41, 5.74) is 1.26. The number of Topliss-reactive ketones (excluding diaryl/α,β-unsaturated/α-hetero) is 1. The van der Waals surface area contributed by atoms with Gasteiger partial charge in [-0.1, -0.05) is 0 Å². The molecule has 0 aliphatic carbocycles. The number of phenols is 1. The molecule has 16 heavy (non-hydrogen) atoms. The Morgan fingerprint density at radius 1 is 1.44 bits per heavy atom. The van der Waals surface area contributed by atoms with Crippen LogP contribution in [0.1, 0.15) is 24.3 Å². The third-order valence-electron chi connectivity index (χ3n) is 2.38. The smallest absolute Gasteiger partial charge is 0.175 e. The van der Waals surface area contributed by atoms with Crippen LogP contribution in [0.2, 0.25) is 0 Å². The number of ketones is 1. The molecule has 0 fully saturated rings. The topological polar surface area (TPSA) is 62.3 Å². The average Bonchev–Trinajstić information content (AvgIpc) is 2.61. The van der Waals surface area contributed by atoms with Crippen molar-refractivity contribution in [1.82, 2.24) is 4.98 Å². The summed E-state index contributed by atoms with van der Waals surface area (Å²) in [6.45, 7) is 3.83. The fraction of sp³-hybridized carbons (Fsp3) is 0.250. The van der Waals surface area contributed by atoms with E-state index < -0.39 is 0 Å². The fourth-order valence-corrected chi connectivity index (χ4v) is 1.61. The summed E-state index contributed by atoms with van der Waals surface area (Å²) in [4.78, 5) is 14.1. The number of carbonyl (C=O) groups is 1. The molecule has 4 nitrogen and oxygen atoms in total. The van der Waals surface area contributed by atoms with Gasteiger partial charge in [-0.25, -0.2) is 0 Å². The van der Waals surface area contributed by atoms with Crippen molar-refractivity contribution in [1.29, 1.82) is 0 Å². The molecule has 84 valence electrons. The third kappa shape index (κ3) is 1.74. The molecule has 0 radical (unpaired) electrons. The number of hydrogen-bond acceptors (Lipinski definition) is 3. The third-order valence-corrected chi connectivity index (χ3v) is 2.38. The van der Waals surface area contributed by atoms with E-state index >= 15 is 0 Å². The van der Waals surface area contributed by atoms with Crippen LogP contribution in [0.4, 0.5) is 0 Å². The summed E-state index contributed by atoms with van der Waals surface area (Å²) in [5.74, 6) is 0.476. The lowest BCUT2D eigenvalue weighted by atomic mass is 10.2.